The summed E-state index contributed by atoms with van der Waals surface area (Å²) in [6.07, 6.45) is 0. The van der Waals surface area contributed by atoms with Gasteiger partial charge in [-0.15, -0.1) is 0 Å². The Hall–Kier alpha value is -2.93. The zero-order valence-corrected chi connectivity index (χ0v) is 15.8. The van der Waals surface area contributed by atoms with E-state index >= 15 is 0 Å². The summed E-state index contributed by atoms with van der Waals surface area (Å²) < 4.78 is 11.3. The third kappa shape index (κ3) is 3.67. The zero-order chi connectivity index (χ0) is 18.8. The fourth-order valence-corrected chi connectivity index (χ4v) is 2.81. The molecular weight excluding hydrogens is 350 g/mol. The van der Waals surface area contributed by atoms with E-state index in [9.17, 15) is 4.79 Å². The fraction of sp³-hybridized carbons (Fsp3) is 0.211. The first-order valence-corrected chi connectivity index (χ1v) is 8.43. The number of anilines is 1. The Bertz CT molecular complexity index is 972. The lowest BCUT2D eigenvalue weighted by atomic mass is 10.1. The number of fused-ring (bicyclic) bond motifs is 1. The predicted molar refractivity (Wildman–Crippen MR) is 106 cm³/mol. The van der Waals surface area contributed by atoms with Crippen molar-refractivity contribution in [3.8, 4) is 17.2 Å². The minimum atomic E-state index is -0.248. The van der Waals surface area contributed by atoms with Gasteiger partial charge in [0.2, 0.25) is 11.8 Å². The number of carbonyl (C=O) groups is 1. The molecule has 134 valence electrons. The summed E-state index contributed by atoms with van der Waals surface area (Å²) in [5.41, 5.74) is 5.24. The molecule has 0 saturated heterocycles. The van der Waals surface area contributed by atoms with Crippen molar-refractivity contribution in [3.63, 3.8) is 0 Å². The highest BCUT2D eigenvalue weighted by atomic mass is 32.1. The third-order valence-corrected chi connectivity index (χ3v) is 4.19. The van der Waals surface area contributed by atoms with Gasteiger partial charge in [0, 0.05) is 12.5 Å². The number of amides is 1. The van der Waals surface area contributed by atoms with Crippen LogP contribution in [-0.4, -0.2) is 23.1 Å². The molecule has 2 aromatic carbocycles. The second kappa shape index (κ2) is 7.13. The van der Waals surface area contributed by atoms with Gasteiger partial charge in [-0.3, -0.25) is 4.79 Å². The number of benzene rings is 2. The largest absolute Gasteiger partial charge is 0.495 e. The van der Waals surface area contributed by atoms with Crippen molar-refractivity contribution in [2.75, 3.05) is 12.4 Å². The van der Waals surface area contributed by atoms with E-state index in [0.717, 1.165) is 27.8 Å². The molecule has 0 bridgehead atoms. The van der Waals surface area contributed by atoms with Crippen LogP contribution in [-0.2, 0) is 4.79 Å². The second-order valence-electron chi connectivity index (χ2n) is 5.97. The van der Waals surface area contributed by atoms with Gasteiger partial charge in [0.1, 0.15) is 11.3 Å². The van der Waals surface area contributed by atoms with Crippen molar-refractivity contribution >= 4 is 40.0 Å². The first-order valence-electron chi connectivity index (χ1n) is 8.02. The molecule has 0 atom stereocenters. The van der Waals surface area contributed by atoms with Gasteiger partial charge in [-0.1, -0.05) is 0 Å². The number of thiocarbonyl (C=S) groups is 1. The monoisotopic (exact) mass is 369 g/mol. The van der Waals surface area contributed by atoms with E-state index < -0.39 is 0 Å². The number of oxazole rings is 1. The molecule has 7 heteroatoms. The summed E-state index contributed by atoms with van der Waals surface area (Å²) in [6.45, 7) is 5.47. The first kappa shape index (κ1) is 17.9. The Balaban J connectivity index is 1.99. The number of hydrogen-bond donors (Lipinski definition) is 2. The molecule has 1 amide bonds. The van der Waals surface area contributed by atoms with Gasteiger partial charge in [0.05, 0.1) is 12.8 Å². The minimum Gasteiger partial charge on any atom is -0.495 e. The van der Waals surface area contributed by atoms with Crippen LogP contribution in [0.25, 0.3) is 22.6 Å². The smallest absolute Gasteiger partial charge is 0.227 e. The minimum absolute atomic E-state index is 0.191. The molecule has 2 N–H and O–H groups in total. The van der Waals surface area contributed by atoms with Crippen LogP contribution >= 0.6 is 12.2 Å². The Kier molecular flexibility index (Phi) is 4.90. The SMILES string of the molecule is COc1ccc(-c2nc3cc(C)c(C)cc3o2)cc1NC(=S)NC(C)=O. The number of aromatic nitrogens is 1. The summed E-state index contributed by atoms with van der Waals surface area (Å²) >= 11 is 5.12. The van der Waals surface area contributed by atoms with Crippen molar-refractivity contribution in [2.45, 2.75) is 20.8 Å². The normalized spacial score (nSPS) is 10.6. The second-order valence-corrected chi connectivity index (χ2v) is 6.38. The molecule has 0 aliphatic heterocycles. The Morgan fingerprint density at radius 2 is 1.92 bits per heavy atom. The molecule has 0 spiro atoms. The van der Waals surface area contributed by atoms with Gasteiger partial charge in [-0.05, 0) is 67.5 Å². The molecule has 26 heavy (non-hydrogen) atoms. The van der Waals surface area contributed by atoms with E-state index in [1.54, 1.807) is 13.2 Å². The molecule has 3 rings (SSSR count). The number of hydrogen-bond acceptors (Lipinski definition) is 5. The molecule has 0 fully saturated rings. The molecule has 3 aromatic rings. The number of rotatable bonds is 3. The summed E-state index contributed by atoms with van der Waals surface area (Å²) in [5.74, 6) is 0.840. The summed E-state index contributed by atoms with van der Waals surface area (Å²) in [5, 5.41) is 5.67. The van der Waals surface area contributed by atoms with E-state index in [0.29, 0.717) is 17.3 Å². The van der Waals surface area contributed by atoms with Crippen molar-refractivity contribution in [3.05, 3.63) is 41.5 Å². The summed E-state index contributed by atoms with van der Waals surface area (Å²) in [6, 6.07) is 9.45. The van der Waals surface area contributed by atoms with E-state index in [4.69, 9.17) is 21.4 Å². The highest BCUT2D eigenvalue weighted by Gasteiger charge is 2.13. The van der Waals surface area contributed by atoms with Crippen LogP contribution in [0.1, 0.15) is 18.1 Å². The molecule has 0 radical (unpaired) electrons. The van der Waals surface area contributed by atoms with Crippen LogP contribution in [0.2, 0.25) is 0 Å². The average molecular weight is 369 g/mol. The van der Waals surface area contributed by atoms with Crippen LogP contribution in [0.4, 0.5) is 5.69 Å². The Labute approximate surface area is 156 Å². The summed E-state index contributed by atoms with van der Waals surface area (Å²) in [4.78, 5) is 15.7. The van der Waals surface area contributed by atoms with E-state index in [-0.39, 0.29) is 11.0 Å². The molecular formula is C19H19N3O3S. The molecule has 6 nitrogen and oxygen atoms in total. The first-order chi connectivity index (χ1) is 12.4. The third-order valence-electron chi connectivity index (χ3n) is 3.99. The molecule has 1 aromatic heterocycles. The van der Waals surface area contributed by atoms with Gasteiger partial charge < -0.3 is 19.8 Å². The van der Waals surface area contributed by atoms with Crippen molar-refractivity contribution < 1.29 is 13.9 Å². The highest BCUT2D eigenvalue weighted by Crippen LogP contribution is 2.32. The van der Waals surface area contributed by atoms with Gasteiger partial charge in [-0.25, -0.2) is 4.98 Å². The standard InChI is InChI=1S/C19H19N3O3S/c1-10-7-14-17(8-11(10)2)25-18(21-14)13-5-6-16(24-4)15(9-13)22-19(26)20-12(3)23/h5-9H,1-4H3,(H2,20,22,23,26). The molecule has 0 aliphatic rings. The predicted octanol–water partition coefficient (Wildman–Crippen LogP) is 3.95. The maximum Gasteiger partial charge on any atom is 0.227 e. The topological polar surface area (TPSA) is 76.4 Å². The zero-order valence-electron chi connectivity index (χ0n) is 15.0. The van der Waals surface area contributed by atoms with Crippen molar-refractivity contribution in [1.29, 1.82) is 0 Å². The fourth-order valence-electron chi connectivity index (χ4n) is 2.56. The lowest BCUT2D eigenvalue weighted by Crippen LogP contribution is -2.32. The number of nitrogens with zero attached hydrogens (tertiary/aromatic N) is 1. The van der Waals surface area contributed by atoms with Crippen LogP contribution < -0.4 is 15.4 Å². The maximum absolute atomic E-state index is 11.1. The quantitative estimate of drug-likeness (QED) is 0.681. The number of nitrogens with one attached hydrogen (secondary N) is 2. The van der Waals surface area contributed by atoms with Gasteiger partial charge in [0.15, 0.2) is 10.7 Å². The Morgan fingerprint density at radius 1 is 1.19 bits per heavy atom. The Morgan fingerprint density at radius 3 is 2.62 bits per heavy atom. The van der Waals surface area contributed by atoms with Crippen molar-refractivity contribution in [2.24, 2.45) is 0 Å². The highest BCUT2D eigenvalue weighted by molar-refractivity contribution is 7.80. The number of ether oxygens (including phenoxy) is 1. The van der Waals surface area contributed by atoms with Crippen molar-refractivity contribution in [1.82, 2.24) is 10.3 Å². The van der Waals surface area contributed by atoms with Crippen LogP contribution in [0.5, 0.6) is 5.75 Å². The lowest BCUT2D eigenvalue weighted by molar-refractivity contribution is -0.117. The maximum atomic E-state index is 11.1. The average Bonchev–Trinajstić information content (AvgIpc) is 2.97. The van der Waals surface area contributed by atoms with E-state index in [1.807, 2.05) is 38.1 Å². The summed E-state index contributed by atoms with van der Waals surface area (Å²) in [7, 11) is 1.56. The van der Waals surface area contributed by atoms with Crippen LogP contribution in [0.3, 0.4) is 0 Å². The number of aryl methyl sites for hydroxylation is 2. The van der Waals surface area contributed by atoms with Gasteiger partial charge in [-0.2, -0.15) is 0 Å². The molecule has 0 saturated carbocycles. The molecule has 0 aliphatic carbocycles. The number of carbonyl (C=O) groups excluding carboxylic acids is 1. The van der Waals surface area contributed by atoms with Gasteiger partial charge in [0.25, 0.3) is 0 Å². The molecule has 0 unspecified atom stereocenters. The van der Waals surface area contributed by atoms with Gasteiger partial charge >= 0.3 is 0 Å². The lowest BCUT2D eigenvalue weighted by Gasteiger charge is -2.12. The molecule has 1 heterocycles. The van der Waals surface area contributed by atoms with E-state index in [1.165, 1.54) is 6.92 Å². The number of methoxy groups -OCH3 is 1. The van der Waals surface area contributed by atoms with E-state index in [2.05, 4.69) is 15.6 Å². The van der Waals surface area contributed by atoms with Crippen LogP contribution in [0, 0.1) is 13.8 Å². The van der Waals surface area contributed by atoms with Crippen LogP contribution in [0.15, 0.2) is 34.7 Å².